The van der Waals surface area contributed by atoms with Gasteiger partial charge in [-0.25, -0.2) is 0 Å². The third kappa shape index (κ3) is 3.94. The second kappa shape index (κ2) is 6.62. The van der Waals surface area contributed by atoms with Crippen LogP contribution in [0, 0.1) is 11.3 Å². The van der Waals surface area contributed by atoms with E-state index < -0.39 is 0 Å². The van der Waals surface area contributed by atoms with E-state index in [1.807, 2.05) is 18.7 Å². The fourth-order valence-electron chi connectivity index (χ4n) is 0.954. The summed E-state index contributed by atoms with van der Waals surface area (Å²) < 4.78 is 4.59. The van der Waals surface area contributed by atoms with Gasteiger partial charge in [-0.2, -0.15) is 5.26 Å². The van der Waals surface area contributed by atoms with Crippen molar-refractivity contribution < 1.29 is 9.53 Å². The highest BCUT2D eigenvalue weighted by molar-refractivity contribution is 5.36. The Morgan fingerprint density at radius 1 is 1.75 bits per heavy atom. The average Bonchev–Trinajstić information content (AvgIpc) is 2.10. The predicted molar refractivity (Wildman–Crippen MR) is 44.3 cm³/mol. The zero-order valence-electron chi connectivity index (χ0n) is 7.49. The molecule has 12 heavy (non-hydrogen) atoms. The minimum Gasteiger partial charge on any atom is -0.466 e. The molecule has 0 fully saturated rings. The minimum atomic E-state index is 0.111. The van der Waals surface area contributed by atoms with Crippen LogP contribution >= 0.6 is 0 Å². The molecule has 0 aliphatic carbocycles. The van der Waals surface area contributed by atoms with E-state index in [9.17, 15) is 4.79 Å². The molecule has 0 bridgehead atoms. The molecule has 0 saturated carbocycles. The summed E-state index contributed by atoms with van der Waals surface area (Å²) in [5.41, 5.74) is 0. The Kier molecular flexibility index (Phi) is 6.02. The quantitative estimate of drug-likeness (QED) is 0.427. The van der Waals surface area contributed by atoms with Crippen LogP contribution in [0.4, 0.5) is 0 Å². The Hall–Kier alpha value is -1.08. The smallest absolute Gasteiger partial charge is 0.293 e. The highest BCUT2D eigenvalue weighted by Crippen LogP contribution is 1.97. The zero-order chi connectivity index (χ0) is 9.40. The Balaban J connectivity index is 3.77. The van der Waals surface area contributed by atoms with Gasteiger partial charge in [-0.3, -0.25) is 9.69 Å². The van der Waals surface area contributed by atoms with Crippen LogP contribution in [0.3, 0.4) is 0 Å². The first kappa shape index (κ1) is 10.9. The second-order valence-corrected chi connectivity index (χ2v) is 2.50. The lowest BCUT2D eigenvalue weighted by atomic mass is 10.3. The van der Waals surface area contributed by atoms with Gasteiger partial charge in [0.1, 0.15) is 6.61 Å². The summed E-state index contributed by atoms with van der Waals surface area (Å²) in [4.78, 5) is 11.8. The summed E-state index contributed by atoms with van der Waals surface area (Å²) in [5, 5.41) is 8.44. The first-order valence-corrected chi connectivity index (χ1v) is 3.92. The molecule has 0 aliphatic rings. The number of hydrogen-bond acceptors (Lipinski definition) is 4. The molecule has 0 aromatic heterocycles. The molecule has 1 unspecified atom stereocenters. The molecule has 1 atom stereocenters. The number of rotatable bonds is 6. The molecule has 0 saturated heterocycles. The van der Waals surface area contributed by atoms with E-state index in [1.54, 1.807) is 0 Å². The summed E-state index contributed by atoms with van der Waals surface area (Å²) in [6.45, 7) is 5.83. The van der Waals surface area contributed by atoms with Gasteiger partial charge in [-0.15, -0.1) is 0 Å². The lowest BCUT2D eigenvalue weighted by Gasteiger charge is -2.23. The molecule has 4 heteroatoms. The van der Waals surface area contributed by atoms with Crippen LogP contribution in [0.2, 0.25) is 0 Å². The molecule has 4 nitrogen and oxygen atoms in total. The first-order chi connectivity index (χ1) is 5.76. The largest absolute Gasteiger partial charge is 0.466 e. The first-order valence-electron chi connectivity index (χ1n) is 3.92. The highest BCUT2D eigenvalue weighted by atomic mass is 16.5. The molecule has 0 spiro atoms. The van der Waals surface area contributed by atoms with Crippen molar-refractivity contribution in [1.82, 2.24) is 4.90 Å². The summed E-state index contributed by atoms with van der Waals surface area (Å²) in [6.07, 6.45) is 0. The number of carbonyl (C=O) groups excluding carboxylic acids is 1. The fourth-order valence-corrected chi connectivity index (χ4v) is 0.954. The molecule has 0 amide bonds. The fraction of sp³-hybridized carbons (Fsp3) is 0.750. The Labute approximate surface area is 72.7 Å². The van der Waals surface area contributed by atoms with Crippen LogP contribution in [-0.4, -0.2) is 37.1 Å². The van der Waals surface area contributed by atoms with Crippen molar-refractivity contribution in [3.8, 4) is 6.07 Å². The van der Waals surface area contributed by atoms with E-state index >= 15 is 0 Å². The standard InChI is InChI=1S/C8H14N2O2/c1-3-10(5-4-9)8(2)6-12-7-11/h7-8H,3,5-6H2,1-2H3. The van der Waals surface area contributed by atoms with Gasteiger partial charge in [0.25, 0.3) is 6.47 Å². The van der Waals surface area contributed by atoms with Crippen LogP contribution in [0.25, 0.3) is 0 Å². The maximum absolute atomic E-state index is 9.87. The van der Waals surface area contributed by atoms with Crippen molar-refractivity contribution in [1.29, 1.82) is 5.26 Å². The maximum Gasteiger partial charge on any atom is 0.293 e. The average molecular weight is 170 g/mol. The van der Waals surface area contributed by atoms with Crippen LogP contribution in [0.5, 0.6) is 0 Å². The SMILES string of the molecule is CCN(CC#N)C(C)COC=O. The lowest BCUT2D eigenvalue weighted by Crippen LogP contribution is -2.36. The van der Waals surface area contributed by atoms with E-state index in [2.05, 4.69) is 10.8 Å². The van der Waals surface area contributed by atoms with Crippen molar-refractivity contribution in [2.24, 2.45) is 0 Å². The van der Waals surface area contributed by atoms with E-state index in [-0.39, 0.29) is 6.04 Å². The van der Waals surface area contributed by atoms with Crippen molar-refractivity contribution in [2.75, 3.05) is 19.7 Å². The van der Waals surface area contributed by atoms with Gasteiger partial charge in [0.2, 0.25) is 0 Å². The van der Waals surface area contributed by atoms with Crippen LogP contribution in [0.15, 0.2) is 0 Å². The molecular formula is C8H14N2O2. The highest BCUT2D eigenvalue weighted by Gasteiger charge is 2.10. The van der Waals surface area contributed by atoms with Crippen molar-refractivity contribution in [2.45, 2.75) is 19.9 Å². The molecule has 0 aromatic rings. The number of ether oxygens (including phenoxy) is 1. The Morgan fingerprint density at radius 2 is 2.42 bits per heavy atom. The van der Waals surface area contributed by atoms with Crippen LogP contribution in [-0.2, 0) is 9.53 Å². The van der Waals surface area contributed by atoms with Gasteiger partial charge in [0, 0.05) is 6.04 Å². The van der Waals surface area contributed by atoms with E-state index in [0.717, 1.165) is 6.54 Å². The minimum absolute atomic E-state index is 0.111. The van der Waals surface area contributed by atoms with Gasteiger partial charge in [0.15, 0.2) is 0 Å². The zero-order valence-corrected chi connectivity index (χ0v) is 7.49. The van der Waals surface area contributed by atoms with Gasteiger partial charge in [-0.1, -0.05) is 6.92 Å². The topological polar surface area (TPSA) is 53.3 Å². The van der Waals surface area contributed by atoms with E-state index in [0.29, 0.717) is 19.6 Å². The number of hydrogen-bond donors (Lipinski definition) is 0. The molecule has 0 aliphatic heterocycles. The normalized spacial score (nSPS) is 12.2. The third-order valence-electron chi connectivity index (χ3n) is 1.71. The molecule has 0 radical (unpaired) electrons. The summed E-state index contributed by atoms with van der Waals surface area (Å²) in [6, 6.07) is 2.17. The summed E-state index contributed by atoms with van der Waals surface area (Å²) >= 11 is 0. The van der Waals surface area contributed by atoms with Crippen LogP contribution < -0.4 is 0 Å². The molecule has 68 valence electrons. The van der Waals surface area contributed by atoms with Gasteiger partial charge < -0.3 is 4.74 Å². The Morgan fingerprint density at radius 3 is 2.83 bits per heavy atom. The van der Waals surface area contributed by atoms with E-state index in [4.69, 9.17) is 5.26 Å². The molecule has 0 aromatic carbocycles. The van der Waals surface area contributed by atoms with Crippen molar-refractivity contribution in [3.63, 3.8) is 0 Å². The van der Waals surface area contributed by atoms with Gasteiger partial charge in [0.05, 0.1) is 12.6 Å². The maximum atomic E-state index is 9.87. The second-order valence-electron chi connectivity index (χ2n) is 2.50. The number of likely N-dealkylation sites (N-methyl/N-ethyl adjacent to an activating group) is 1. The number of nitrogens with zero attached hydrogens (tertiary/aromatic N) is 2. The van der Waals surface area contributed by atoms with Crippen molar-refractivity contribution >= 4 is 6.47 Å². The van der Waals surface area contributed by atoms with E-state index in [1.165, 1.54) is 0 Å². The van der Waals surface area contributed by atoms with Crippen molar-refractivity contribution in [3.05, 3.63) is 0 Å². The number of carbonyl (C=O) groups is 1. The van der Waals surface area contributed by atoms with Crippen LogP contribution in [0.1, 0.15) is 13.8 Å². The predicted octanol–water partition coefficient (Wildman–Crippen LogP) is 0.393. The monoisotopic (exact) mass is 170 g/mol. The molecule has 0 N–H and O–H groups in total. The number of nitriles is 1. The molecule has 0 heterocycles. The Bertz CT molecular complexity index is 165. The lowest BCUT2D eigenvalue weighted by molar-refractivity contribution is -0.130. The van der Waals surface area contributed by atoms with Gasteiger partial charge in [-0.05, 0) is 13.5 Å². The summed E-state index contributed by atoms with van der Waals surface area (Å²) in [5.74, 6) is 0. The molecular weight excluding hydrogens is 156 g/mol. The third-order valence-corrected chi connectivity index (χ3v) is 1.71. The van der Waals surface area contributed by atoms with Gasteiger partial charge >= 0.3 is 0 Å². The molecule has 0 rings (SSSR count). The summed E-state index contributed by atoms with van der Waals surface area (Å²) in [7, 11) is 0.